The molecule has 0 spiro atoms. The summed E-state index contributed by atoms with van der Waals surface area (Å²) >= 11 is 7.09. The fraction of sp³-hybridized carbons (Fsp3) is 0.143. The minimum atomic E-state index is -0.198. The minimum Gasteiger partial charge on any atom is -0.342 e. The molecule has 0 aliphatic heterocycles. The zero-order valence-corrected chi connectivity index (χ0v) is 12.3. The van der Waals surface area contributed by atoms with Crippen LogP contribution >= 0.6 is 22.9 Å². The van der Waals surface area contributed by atoms with Crippen LogP contribution in [0.1, 0.15) is 28.5 Å². The summed E-state index contributed by atoms with van der Waals surface area (Å²) < 4.78 is 0.603. The summed E-state index contributed by atoms with van der Waals surface area (Å²) in [6, 6.07) is 11.0. The highest BCUT2D eigenvalue weighted by atomic mass is 35.5. The second-order valence-electron chi connectivity index (χ2n) is 4.44. The van der Waals surface area contributed by atoms with Gasteiger partial charge >= 0.3 is 0 Å². The summed E-state index contributed by atoms with van der Waals surface area (Å²) in [6.07, 6.45) is 0. The molecule has 3 aromatic rings. The van der Waals surface area contributed by atoms with E-state index in [1.54, 1.807) is 12.1 Å². The third-order valence-electron chi connectivity index (χ3n) is 2.96. The van der Waals surface area contributed by atoms with Crippen LogP contribution in [0.5, 0.6) is 0 Å². The molecule has 0 fully saturated rings. The summed E-state index contributed by atoms with van der Waals surface area (Å²) in [5.74, 6) is 0.594. The monoisotopic (exact) mass is 305 g/mol. The van der Waals surface area contributed by atoms with E-state index in [-0.39, 0.29) is 11.9 Å². The lowest BCUT2D eigenvalue weighted by molar-refractivity contribution is 0.0942. The van der Waals surface area contributed by atoms with Crippen molar-refractivity contribution in [2.75, 3.05) is 0 Å². The van der Waals surface area contributed by atoms with E-state index in [2.05, 4.69) is 15.3 Å². The van der Waals surface area contributed by atoms with Gasteiger partial charge in [-0.25, -0.2) is 4.98 Å². The molecular formula is C14H12ClN3OS. The summed E-state index contributed by atoms with van der Waals surface area (Å²) in [4.78, 5) is 20.3. The first-order valence-corrected chi connectivity index (χ1v) is 7.34. The highest BCUT2D eigenvalue weighted by Crippen LogP contribution is 2.22. The van der Waals surface area contributed by atoms with E-state index in [0.717, 1.165) is 16.9 Å². The Kier molecular flexibility index (Phi) is 3.46. The molecule has 1 atom stereocenters. The van der Waals surface area contributed by atoms with Crippen molar-refractivity contribution in [3.63, 3.8) is 0 Å². The predicted octanol–water partition coefficient (Wildman–Crippen LogP) is 3.77. The predicted molar refractivity (Wildman–Crippen MR) is 81.3 cm³/mol. The second kappa shape index (κ2) is 5.26. The van der Waals surface area contributed by atoms with Crippen molar-refractivity contribution in [2.24, 2.45) is 0 Å². The summed E-state index contributed by atoms with van der Waals surface area (Å²) in [7, 11) is 0. The molecule has 1 amide bonds. The van der Waals surface area contributed by atoms with Gasteiger partial charge in [0.05, 0.1) is 26.3 Å². The number of hydrogen-bond donors (Lipinski definition) is 2. The number of rotatable bonds is 3. The van der Waals surface area contributed by atoms with Gasteiger partial charge in [-0.15, -0.1) is 11.3 Å². The van der Waals surface area contributed by atoms with E-state index in [1.165, 1.54) is 11.3 Å². The van der Waals surface area contributed by atoms with Gasteiger partial charge in [-0.05, 0) is 31.2 Å². The lowest BCUT2D eigenvalue weighted by atomic mass is 10.3. The molecule has 0 radical (unpaired) electrons. The molecule has 3 rings (SSSR count). The molecule has 20 heavy (non-hydrogen) atoms. The molecule has 6 heteroatoms. The first-order valence-electron chi connectivity index (χ1n) is 6.14. The number of thiophene rings is 1. The zero-order chi connectivity index (χ0) is 14.1. The van der Waals surface area contributed by atoms with Crippen molar-refractivity contribution in [3.8, 4) is 0 Å². The fourth-order valence-electron chi connectivity index (χ4n) is 1.95. The fourth-order valence-corrected chi connectivity index (χ4v) is 2.90. The van der Waals surface area contributed by atoms with E-state index < -0.39 is 0 Å². The Hall–Kier alpha value is -1.85. The van der Waals surface area contributed by atoms with Crippen LogP contribution in [0.3, 0.4) is 0 Å². The number of fused-ring (bicyclic) bond motifs is 1. The number of nitrogens with zero attached hydrogens (tertiary/aromatic N) is 1. The van der Waals surface area contributed by atoms with Gasteiger partial charge in [0.25, 0.3) is 5.91 Å². The number of amides is 1. The average Bonchev–Trinajstić information content (AvgIpc) is 3.04. The van der Waals surface area contributed by atoms with Crippen LogP contribution in [0.15, 0.2) is 36.4 Å². The Balaban J connectivity index is 1.78. The Labute approximate surface area is 124 Å². The number of imidazole rings is 1. The third kappa shape index (κ3) is 2.55. The summed E-state index contributed by atoms with van der Waals surface area (Å²) in [5, 5.41) is 2.91. The molecule has 0 aliphatic carbocycles. The van der Waals surface area contributed by atoms with Crippen molar-refractivity contribution in [1.29, 1.82) is 0 Å². The number of benzene rings is 1. The first-order chi connectivity index (χ1) is 9.63. The number of H-pyrrole nitrogens is 1. The molecule has 4 nitrogen and oxygen atoms in total. The van der Waals surface area contributed by atoms with Gasteiger partial charge in [0.1, 0.15) is 5.82 Å². The SMILES string of the molecule is CC(NC(=O)c1ccc(Cl)s1)c1nc2ccccc2[nH]1. The molecule has 0 saturated heterocycles. The molecule has 0 bridgehead atoms. The Bertz CT molecular complexity index is 731. The molecular weight excluding hydrogens is 294 g/mol. The molecule has 2 N–H and O–H groups in total. The topological polar surface area (TPSA) is 57.8 Å². The molecule has 2 heterocycles. The normalized spacial score (nSPS) is 12.5. The maximum atomic E-state index is 12.1. The van der Waals surface area contributed by atoms with Crippen molar-refractivity contribution in [1.82, 2.24) is 15.3 Å². The highest BCUT2D eigenvalue weighted by Gasteiger charge is 2.15. The van der Waals surface area contributed by atoms with Crippen LogP contribution in [-0.2, 0) is 0 Å². The third-order valence-corrected chi connectivity index (χ3v) is 4.19. The molecule has 1 aromatic carbocycles. The average molecular weight is 306 g/mol. The highest BCUT2D eigenvalue weighted by molar-refractivity contribution is 7.17. The number of hydrogen-bond acceptors (Lipinski definition) is 3. The molecule has 2 aromatic heterocycles. The molecule has 0 saturated carbocycles. The molecule has 0 aliphatic rings. The van der Waals surface area contributed by atoms with Gasteiger partial charge in [-0.3, -0.25) is 4.79 Å². The summed E-state index contributed by atoms with van der Waals surface area (Å²) in [6.45, 7) is 1.89. The second-order valence-corrected chi connectivity index (χ2v) is 6.15. The maximum Gasteiger partial charge on any atom is 0.261 e. The van der Waals surface area contributed by atoms with E-state index >= 15 is 0 Å². The number of carbonyl (C=O) groups is 1. The van der Waals surface area contributed by atoms with Crippen molar-refractivity contribution in [2.45, 2.75) is 13.0 Å². The first kappa shape index (κ1) is 13.1. The van der Waals surface area contributed by atoms with Crippen LogP contribution in [-0.4, -0.2) is 15.9 Å². The number of aromatic nitrogens is 2. The standard InChI is InChI=1S/C14H12ClN3OS/c1-8(16-14(19)11-6-7-12(15)20-11)13-17-9-4-2-3-5-10(9)18-13/h2-8H,1H3,(H,16,19)(H,17,18). The number of halogens is 1. The van der Waals surface area contributed by atoms with Crippen LogP contribution in [0, 0.1) is 0 Å². The lowest BCUT2D eigenvalue weighted by Gasteiger charge is -2.10. The van der Waals surface area contributed by atoms with Crippen molar-refractivity contribution in [3.05, 3.63) is 51.4 Å². The Morgan fingerprint density at radius 1 is 1.35 bits per heavy atom. The number of para-hydroxylation sites is 2. The zero-order valence-electron chi connectivity index (χ0n) is 10.7. The van der Waals surface area contributed by atoms with Gasteiger partial charge in [-0.1, -0.05) is 23.7 Å². The van der Waals surface area contributed by atoms with Gasteiger partial charge < -0.3 is 10.3 Å². The van der Waals surface area contributed by atoms with Crippen molar-refractivity contribution >= 4 is 39.9 Å². The van der Waals surface area contributed by atoms with E-state index in [4.69, 9.17) is 11.6 Å². The number of carbonyl (C=O) groups excluding carboxylic acids is 1. The van der Waals surface area contributed by atoms with E-state index in [0.29, 0.717) is 9.21 Å². The van der Waals surface area contributed by atoms with Gasteiger partial charge in [0, 0.05) is 0 Å². The minimum absolute atomic E-state index is 0.144. The lowest BCUT2D eigenvalue weighted by Crippen LogP contribution is -2.26. The van der Waals surface area contributed by atoms with Crippen LogP contribution in [0.2, 0.25) is 4.34 Å². The quantitative estimate of drug-likeness (QED) is 0.774. The van der Waals surface area contributed by atoms with E-state index in [9.17, 15) is 4.79 Å². The van der Waals surface area contributed by atoms with Crippen LogP contribution in [0.25, 0.3) is 11.0 Å². The number of aromatic amines is 1. The van der Waals surface area contributed by atoms with Gasteiger partial charge in [-0.2, -0.15) is 0 Å². The summed E-state index contributed by atoms with van der Waals surface area (Å²) in [5.41, 5.74) is 1.85. The van der Waals surface area contributed by atoms with Gasteiger partial charge in [0.15, 0.2) is 0 Å². The maximum absolute atomic E-state index is 12.1. The Morgan fingerprint density at radius 2 is 2.15 bits per heavy atom. The number of nitrogens with one attached hydrogen (secondary N) is 2. The van der Waals surface area contributed by atoms with E-state index in [1.807, 2.05) is 31.2 Å². The van der Waals surface area contributed by atoms with Gasteiger partial charge in [0.2, 0.25) is 0 Å². The largest absolute Gasteiger partial charge is 0.342 e. The van der Waals surface area contributed by atoms with Crippen LogP contribution in [0.4, 0.5) is 0 Å². The smallest absolute Gasteiger partial charge is 0.261 e. The molecule has 102 valence electrons. The Morgan fingerprint density at radius 3 is 2.85 bits per heavy atom. The molecule has 1 unspecified atom stereocenters. The van der Waals surface area contributed by atoms with Crippen LogP contribution < -0.4 is 5.32 Å². The van der Waals surface area contributed by atoms with Crippen molar-refractivity contribution < 1.29 is 4.79 Å².